The van der Waals surface area contributed by atoms with Crippen molar-refractivity contribution in [1.82, 2.24) is 0 Å². The van der Waals surface area contributed by atoms with Crippen molar-refractivity contribution in [3.63, 3.8) is 0 Å². The quantitative estimate of drug-likeness (QED) is 0.507. The Morgan fingerprint density at radius 2 is 2.08 bits per heavy atom. The fraction of sp³-hybridized carbons (Fsp3) is 1.00. The number of fused-ring (bicyclic) bond motifs is 2. The SMILES string of the molecule is CO[C@@H]1O[C@H]2CO[C@@H]([C@H]1O)[C@@H]2O. The van der Waals surface area contributed by atoms with Crippen molar-refractivity contribution in [2.75, 3.05) is 13.7 Å². The summed E-state index contributed by atoms with van der Waals surface area (Å²) in [6.45, 7) is 0.322. The maximum atomic E-state index is 9.49. The Bertz CT molecular complexity index is 173. The van der Waals surface area contributed by atoms with Gasteiger partial charge in [0.25, 0.3) is 0 Å². The van der Waals surface area contributed by atoms with E-state index in [-0.39, 0.29) is 6.10 Å². The third-order valence-corrected chi connectivity index (χ3v) is 2.33. The highest BCUT2D eigenvalue weighted by atomic mass is 16.7. The Morgan fingerprint density at radius 1 is 1.33 bits per heavy atom. The highest BCUT2D eigenvalue weighted by Gasteiger charge is 2.50. The molecule has 0 radical (unpaired) electrons. The number of ether oxygens (including phenoxy) is 3. The van der Waals surface area contributed by atoms with Gasteiger partial charge in [0.2, 0.25) is 0 Å². The molecule has 0 aliphatic carbocycles. The Morgan fingerprint density at radius 3 is 2.75 bits per heavy atom. The minimum atomic E-state index is -0.899. The molecule has 2 aliphatic rings. The van der Waals surface area contributed by atoms with E-state index >= 15 is 0 Å². The molecule has 5 heteroatoms. The van der Waals surface area contributed by atoms with Crippen LogP contribution in [0.1, 0.15) is 0 Å². The molecule has 0 spiro atoms. The summed E-state index contributed by atoms with van der Waals surface area (Å²) in [6, 6.07) is 0. The molecule has 2 fully saturated rings. The Labute approximate surface area is 69.8 Å². The fourth-order valence-electron chi connectivity index (χ4n) is 1.64. The number of aliphatic hydroxyl groups excluding tert-OH is 2. The summed E-state index contributed by atoms with van der Waals surface area (Å²) in [4.78, 5) is 0. The van der Waals surface area contributed by atoms with Crippen LogP contribution < -0.4 is 0 Å². The van der Waals surface area contributed by atoms with Crippen LogP contribution in [0.3, 0.4) is 0 Å². The summed E-state index contributed by atoms with van der Waals surface area (Å²) in [5, 5.41) is 18.9. The number of hydrogen-bond donors (Lipinski definition) is 2. The number of aliphatic hydroxyl groups is 2. The summed E-state index contributed by atoms with van der Waals surface area (Å²) < 4.78 is 15.2. The van der Waals surface area contributed by atoms with Crippen molar-refractivity contribution in [3.05, 3.63) is 0 Å². The Balaban J connectivity index is 2.12. The third kappa shape index (κ3) is 1.06. The van der Waals surface area contributed by atoms with Gasteiger partial charge in [-0.25, -0.2) is 0 Å². The van der Waals surface area contributed by atoms with E-state index in [2.05, 4.69) is 0 Å². The molecule has 5 nitrogen and oxygen atoms in total. The molecule has 0 unspecified atom stereocenters. The van der Waals surface area contributed by atoms with Gasteiger partial charge in [0.15, 0.2) is 6.29 Å². The van der Waals surface area contributed by atoms with Crippen LogP contribution in [0.25, 0.3) is 0 Å². The maximum absolute atomic E-state index is 9.49. The monoisotopic (exact) mass is 176 g/mol. The van der Waals surface area contributed by atoms with E-state index in [0.717, 1.165) is 0 Å². The van der Waals surface area contributed by atoms with Crippen molar-refractivity contribution in [3.8, 4) is 0 Å². The molecule has 5 atom stereocenters. The number of hydrogen-bond acceptors (Lipinski definition) is 5. The van der Waals surface area contributed by atoms with Gasteiger partial charge in [-0.15, -0.1) is 0 Å². The second kappa shape index (κ2) is 2.93. The molecule has 2 rings (SSSR count). The van der Waals surface area contributed by atoms with Gasteiger partial charge in [-0.1, -0.05) is 0 Å². The summed E-state index contributed by atoms with van der Waals surface area (Å²) >= 11 is 0. The van der Waals surface area contributed by atoms with Crippen LogP contribution >= 0.6 is 0 Å². The second-order valence-electron chi connectivity index (χ2n) is 3.06. The van der Waals surface area contributed by atoms with Crippen LogP contribution in [0, 0.1) is 0 Å². The van der Waals surface area contributed by atoms with Gasteiger partial charge in [0.1, 0.15) is 24.4 Å². The van der Waals surface area contributed by atoms with E-state index in [1.807, 2.05) is 0 Å². The van der Waals surface area contributed by atoms with Gasteiger partial charge < -0.3 is 24.4 Å². The molecule has 0 aromatic carbocycles. The summed E-state index contributed by atoms with van der Waals surface area (Å²) in [6.07, 6.45) is -3.22. The lowest BCUT2D eigenvalue weighted by Crippen LogP contribution is -2.53. The van der Waals surface area contributed by atoms with E-state index in [9.17, 15) is 10.2 Å². The van der Waals surface area contributed by atoms with E-state index in [1.54, 1.807) is 0 Å². The molecule has 2 heterocycles. The summed E-state index contributed by atoms with van der Waals surface area (Å²) in [7, 11) is 1.45. The van der Waals surface area contributed by atoms with E-state index < -0.39 is 24.6 Å². The number of methoxy groups -OCH3 is 1. The molecule has 2 N–H and O–H groups in total. The molecule has 0 amide bonds. The molecule has 0 aromatic heterocycles. The van der Waals surface area contributed by atoms with Gasteiger partial charge in [-0.2, -0.15) is 0 Å². The third-order valence-electron chi connectivity index (χ3n) is 2.33. The van der Waals surface area contributed by atoms with Crippen molar-refractivity contribution in [2.45, 2.75) is 30.7 Å². The highest BCUT2D eigenvalue weighted by Crippen LogP contribution is 2.29. The normalized spacial score (nSPS) is 52.8. The largest absolute Gasteiger partial charge is 0.387 e. The fourth-order valence-corrected chi connectivity index (χ4v) is 1.64. The lowest BCUT2D eigenvalue weighted by atomic mass is 10.0. The van der Waals surface area contributed by atoms with Crippen LogP contribution in [-0.2, 0) is 14.2 Å². The first-order valence-corrected chi connectivity index (χ1v) is 3.90. The first-order valence-electron chi connectivity index (χ1n) is 3.90. The minimum absolute atomic E-state index is 0.322. The molecular formula is C7H12O5. The zero-order valence-electron chi connectivity index (χ0n) is 6.71. The molecule has 0 saturated carbocycles. The van der Waals surface area contributed by atoms with E-state index in [4.69, 9.17) is 14.2 Å². The Kier molecular flexibility index (Phi) is 2.05. The molecule has 12 heavy (non-hydrogen) atoms. The van der Waals surface area contributed by atoms with Gasteiger partial charge in [0, 0.05) is 7.11 Å². The standard InChI is InChI=1S/C7H12O5/c1-10-7-5(9)6-4(8)3(12-7)2-11-6/h3-9H,2H2,1H3/t3-,4+,5+,6+,7+/m0/s1. The lowest BCUT2D eigenvalue weighted by molar-refractivity contribution is -0.253. The zero-order chi connectivity index (χ0) is 8.72. The predicted molar refractivity (Wildman–Crippen MR) is 37.4 cm³/mol. The summed E-state index contributed by atoms with van der Waals surface area (Å²) in [5.74, 6) is 0. The smallest absolute Gasteiger partial charge is 0.186 e. The van der Waals surface area contributed by atoms with Gasteiger partial charge in [-0.05, 0) is 0 Å². The van der Waals surface area contributed by atoms with Gasteiger partial charge >= 0.3 is 0 Å². The molecule has 2 saturated heterocycles. The van der Waals surface area contributed by atoms with Crippen molar-refractivity contribution in [1.29, 1.82) is 0 Å². The molecule has 0 aromatic rings. The van der Waals surface area contributed by atoms with Crippen molar-refractivity contribution >= 4 is 0 Å². The second-order valence-corrected chi connectivity index (χ2v) is 3.06. The average Bonchev–Trinajstić information content (AvgIpc) is 2.31. The Hall–Kier alpha value is -0.200. The highest BCUT2D eigenvalue weighted by molar-refractivity contribution is 4.94. The van der Waals surface area contributed by atoms with Crippen LogP contribution in [0.2, 0.25) is 0 Å². The van der Waals surface area contributed by atoms with Gasteiger partial charge in [0.05, 0.1) is 6.61 Å². The molecule has 2 bridgehead atoms. The predicted octanol–water partition coefficient (Wildman–Crippen LogP) is -1.52. The zero-order valence-corrected chi connectivity index (χ0v) is 6.71. The first-order chi connectivity index (χ1) is 5.74. The van der Waals surface area contributed by atoms with Crippen molar-refractivity contribution in [2.24, 2.45) is 0 Å². The van der Waals surface area contributed by atoms with Crippen LogP contribution in [0.15, 0.2) is 0 Å². The summed E-state index contributed by atoms with van der Waals surface area (Å²) in [5.41, 5.74) is 0. The van der Waals surface area contributed by atoms with Crippen LogP contribution in [0.5, 0.6) is 0 Å². The average molecular weight is 176 g/mol. The maximum Gasteiger partial charge on any atom is 0.186 e. The molecular weight excluding hydrogens is 164 g/mol. The van der Waals surface area contributed by atoms with E-state index in [1.165, 1.54) is 7.11 Å². The van der Waals surface area contributed by atoms with Gasteiger partial charge in [-0.3, -0.25) is 0 Å². The topological polar surface area (TPSA) is 68.2 Å². The molecule has 2 aliphatic heterocycles. The minimum Gasteiger partial charge on any atom is -0.387 e. The van der Waals surface area contributed by atoms with Crippen LogP contribution in [-0.4, -0.2) is 54.6 Å². The molecule has 70 valence electrons. The first kappa shape index (κ1) is 8.40. The van der Waals surface area contributed by atoms with Crippen LogP contribution in [0.4, 0.5) is 0 Å². The van der Waals surface area contributed by atoms with Crippen molar-refractivity contribution < 1.29 is 24.4 Å². The van der Waals surface area contributed by atoms with E-state index in [0.29, 0.717) is 6.61 Å². The number of rotatable bonds is 1. The lowest BCUT2D eigenvalue weighted by Gasteiger charge is -2.33.